The molecular formula is C16H16Cl2FN. The van der Waals surface area contributed by atoms with Crippen LogP contribution in [0.5, 0.6) is 0 Å². The van der Waals surface area contributed by atoms with E-state index in [1.165, 1.54) is 12.1 Å². The van der Waals surface area contributed by atoms with Crippen molar-refractivity contribution >= 4 is 23.2 Å². The highest BCUT2D eigenvalue weighted by Gasteiger charge is 2.11. The third-order valence-electron chi connectivity index (χ3n) is 3.06. The molecule has 0 atom stereocenters. The van der Waals surface area contributed by atoms with Crippen LogP contribution in [0.3, 0.4) is 0 Å². The van der Waals surface area contributed by atoms with Crippen LogP contribution < -0.4 is 5.32 Å². The molecule has 0 radical (unpaired) electrons. The third-order valence-corrected chi connectivity index (χ3v) is 3.87. The fraction of sp³-hybridized carbons (Fsp3) is 0.250. The molecule has 0 unspecified atom stereocenters. The lowest BCUT2D eigenvalue weighted by Gasteiger charge is -2.13. The van der Waals surface area contributed by atoms with Crippen LogP contribution >= 0.6 is 23.2 Å². The topological polar surface area (TPSA) is 12.0 Å². The minimum absolute atomic E-state index is 0.282. The van der Waals surface area contributed by atoms with Crippen molar-refractivity contribution in [2.24, 2.45) is 0 Å². The molecular weight excluding hydrogens is 296 g/mol. The molecule has 0 aromatic heterocycles. The quantitative estimate of drug-likeness (QED) is 0.739. The molecule has 0 saturated heterocycles. The van der Waals surface area contributed by atoms with Crippen LogP contribution in [0.1, 0.15) is 18.9 Å². The van der Waals surface area contributed by atoms with Gasteiger partial charge in [-0.25, -0.2) is 4.39 Å². The number of halogens is 3. The summed E-state index contributed by atoms with van der Waals surface area (Å²) in [5, 5.41) is 4.24. The van der Waals surface area contributed by atoms with Crippen LogP contribution in [0.2, 0.25) is 10.0 Å². The van der Waals surface area contributed by atoms with Gasteiger partial charge in [0.25, 0.3) is 0 Å². The van der Waals surface area contributed by atoms with E-state index in [9.17, 15) is 4.39 Å². The number of rotatable bonds is 5. The summed E-state index contributed by atoms with van der Waals surface area (Å²) in [7, 11) is 0. The molecule has 2 aromatic carbocycles. The predicted molar refractivity (Wildman–Crippen MR) is 83.9 cm³/mol. The second-order valence-electron chi connectivity index (χ2n) is 4.58. The first-order valence-electron chi connectivity index (χ1n) is 6.57. The van der Waals surface area contributed by atoms with E-state index < -0.39 is 0 Å². The average Bonchev–Trinajstić information content (AvgIpc) is 2.44. The zero-order chi connectivity index (χ0) is 14.5. The van der Waals surface area contributed by atoms with Crippen molar-refractivity contribution in [2.45, 2.75) is 19.9 Å². The van der Waals surface area contributed by atoms with Crippen LogP contribution in [0.25, 0.3) is 11.1 Å². The standard InChI is InChI=1S/C16H16Cl2FN/c1-2-8-20-10-11-6-7-12(19)9-14(11)13-4-3-5-15(17)16(13)18/h3-7,9,20H,2,8,10H2,1H3. The van der Waals surface area contributed by atoms with E-state index in [1.807, 2.05) is 12.1 Å². The van der Waals surface area contributed by atoms with Gasteiger partial charge in [-0.2, -0.15) is 0 Å². The van der Waals surface area contributed by atoms with Gasteiger partial charge in [-0.15, -0.1) is 0 Å². The van der Waals surface area contributed by atoms with E-state index in [1.54, 1.807) is 12.1 Å². The molecule has 4 heteroatoms. The second kappa shape index (κ2) is 7.07. The lowest BCUT2D eigenvalue weighted by atomic mass is 9.99. The summed E-state index contributed by atoms with van der Waals surface area (Å²) in [6, 6.07) is 10.1. The number of benzene rings is 2. The lowest BCUT2D eigenvalue weighted by Crippen LogP contribution is -2.14. The summed E-state index contributed by atoms with van der Waals surface area (Å²) in [6.07, 6.45) is 1.05. The highest BCUT2D eigenvalue weighted by Crippen LogP contribution is 2.35. The molecule has 0 saturated carbocycles. The third kappa shape index (κ3) is 3.51. The van der Waals surface area contributed by atoms with Gasteiger partial charge in [0.1, 0.15) is 5.82 Å². The lowest BCUT2D eigenvalue weighted by molar-refractivity contribution is 0.625. The van der Waals surface area contributed by atoms with Crippen molar-refractivity contribution in [3.63, 3.8) is 0 Å². The molecule has 0 aliphatic rings. The Morgan fingerprint density at radius 2 is 1.90 bits per heavy atom. The van der Waals surface area contributed by atoms with Crippen LogP contribution in [0.4, 0.5) is 4.39 Å². The van der Waals surface area contributed by atoms with Crippen molar-refractivity contribution < 1.29 is 4.39 Å². The number of nitrogens with one attached hydrogen (secondary N) is 1. The summed E-state index contributed by atoms with van der Waals surface area (Å²) in [5.74, 6) is -0.282. The van der Waals surface area contributed by atoms with Gasteiger partial charge in [0.2, 0.25) is 0 Å². The molecule has 0 aliphatic heterocycles. The first-order chi connectivity index (χ1) is 9.63. The van der Waals surface area contributed by atoms with Crippen molar-refractivity contribution in [2.75, 3.05) is 6.54 Å². The summed E-state index contributed by atoms with van der Waals surface area (Å²) in [4.78, 5) is 0. The smallest absolute Gasteiger partial charge is 0.123 e. The Bertz CT molecular complexity index is 599. The first-order valence-corrected chi connectivity index (χ1v) is 7.32. The number of hydrogen-bond donors (Lipinski definition) is 1. The van der Waals surface area contributed by atoms with E-state index in [4.69, 9.17) is 23.2 Å². The van der Waals surface area contributed by atoms with Crippen molar-refractivity contribution in [3.8, 4) is 11.1 Å². The Labute approximate surface area is 128 Å². The van der Waals surface area contributed by atoms with Crippen LogP contribution in [-0.4, -0.2) is 6.54 Å². The summed E-state index contributed by atoms with van der Waals surface area (Å²) in [6.45, 7) is 3.69. The van der Waals surface area contributed by atoms with E-state index in [0.29, 0.717) is 16.6 Å². The van der Waals surface area contributed by atoms with Crippen molar-refractivity contribution in [3.05, 3.63) is 57.8 Å². The van der Waals surface area contributed by atoms with Crippen molar-refractivity contribution in [1.82, 2.24) is 5.32 Å². The van der Waals surface area contributed by atoms with E-state index in [2.05, 4.69) is 12.2 Å². The molecule has 2 aromatic rings. The van der Waals surface area contributed by atoms with Crippen LogP contribution in [0, 0.1) is 5.82 Å². The van der Waals surface area contributed by atoms with Gasteiger partial charge in [-0.1, -0.05) is 48.3 Å². The van der Waals surface area contributed by atoms with Gasteiger partial charge >= 0.3 is 0 Å². The molecule has 106 valence electrons. The normalized spacial score (nSPS) is 10.8. The molecule has 0 fully saturated rings. The summed E-state index contributed by atoms with van der Waals surface area (Å²) >= 11 is 12.3. The van der Waals surface area contributed by atoms with E-state index in [0.717, 1.165) is 29.7 Å². The molecule has 20 heavy (non-hydrogen) atoms. The molecule has 1 N–H and O–H groups in total. The Hall–Kier alpha value is -1.09. The van der Waals surface area contributed by atoms with E-state index >= 15 is 0 Å². The minimum atomic E-state index is -0.282. The highest BCUT2D eigenvalue weighted by molar-refractivity contribution is 6.43. The Morgan fingerprint density at radius 1 is 1.10 bits per heavy atom. The fourth-order valence-electron chi connectivity index (χ4n) is 2.07. The second-order valence-corrected chi connectivity index (χ2v) is 5.36. The largest absolute Gasteiger partial charge is 0.313 e. The maximum atomic E-state index is 13.6. The monoisotopic (exact) mass is 311 g/mol. The predicted octanol–water partition coefficient (Wildman–Crippen LogP) is 5.30. The van der Waals surface area contributed by atoms with Crippen LogP contribution in [-0.2, 0) is 6.54 Å². The fourth-order valence-corrected chi connectivity index (χ4v) is 2.47. The molecule has 0 spiro atoms. The Balaban J connectivity index is 2.43. The zero-order valence-corrected chi connectivity index (χ0v) is 12.7. The molecule has 0 heterocycles. The SMILES string of the molecule is CCCNCc1ccc(F)cc1-c1cccc(Cl)c1Cl. The van der Waals surface area contributed by atoms with Crippen LogP contribution in [0.15, 0.2) is 36.4 Å². The Kier molecular flexibility index (Phi) is 5.41. The maximum Gasteiger partial charge on any atom is 0.123 e. The molecule has 2 rings (SSSR count). The van der Waals surface area contributed by atoms with E-state index in [-0.39, 0.29) is 5.82 Å². The zero-order valence-electron chi connectivity index (χ0n) is 11.2. The van der Waals surface area contributed by atoms with Gasteiger partial charge in [-0.3, -0.25) is 0 Å². The summed E-state index contributed by atoms with van der Waals surface area (Å²) < 4.78 is 13.6. The maximum absolute atomic E-state index is 13.6. The highest BCUT2D eigenvalue weighted by atomic mass is 35.5. The average molecular weight is 312 g/mol. The summed E-state index contributed by atoms with van der Waals surface area (Å²) in [5.41, 5.74) is 2.54. The Morgan fingerprint density at radius 3 is 2.65 bits per heavy atom. The van der Waals surface area contributed by atoms with Crippen molar-refractivity contribution in [1.29, 1.82) is 0 Å². The van der Waals surface area contributed by atoms with Gasteiger partial charge in [0.05, 0.1) is 10.0 Å². The molecule has 0 aliphatic carbocycles. The minimum Gasteiger partial charge on any atom is -0.313 e. The van der Waals surface area contributed by atoms with Gasteiger partial charge < -0.3 is 5.32 Å². The molecule has 0 bridgehead atoms. The van der Waals surface area contributed by atoms with Gasteiger partial charge in [0, 0.05) is 12.1 Å². The molecule has 1 nitrogen and oxygen atoms in total. The molecule has 0 amide bonds. The number of hydrogen-bond acceptors (Lipinski definition) is 1. The van der Waals surface area contributed by atoms with Gasteiger partial charge in [0.15, 0.2) is 0 Å². The first kappa shape index (κ1) is 15.3. The van der Waals surface area contributed by atoms with Gasteiger partial charge in [-0.05, 0) is 42.3 Å².